The van der Waals surface area contributed by atoms with Crippen LogP contribution in [0.25, 0.3) is 0 Å². The van der Waals surface area contributed by atoms with Crippen molar-refractivity contribution < 1.29 is 0 Å². The molecular weight excluding hydrogens is 170 g/mol. The van der Waals surface area contributed by atoms with Crippen molar-refractivity contribution in [2.45, 2.75) is 46.1 Å². The summed E-state index contributed by atoms with van der Waals surface area (Å²) < 4.78 is 0. The van der Waals surface area contributed by atoms with Crippen molar-refractivity contribution in [1.82, 2.24) is 4.90 Å². The number of likely N-dealkylation sites (tertiary alicyclic amines) is 1. The third-order valence-corrected chi connectivity index (χ3v) is 4.77. The van der Waals surface area contributed by atoms with Gasteiger partial charge in [-0.3, -0.25) is 0 Å². The molecule has 1 saturated carbocycles. The van der Waals surface area contributed by atoms with E-state index in [4.69, 9.17) is 0 Å². The topological polar surface area (TPSA) is 3.24 Å². The van der Waals surface area contributed by atoms with Crippen molar-refractivity contribution >= 4 is 0 Å². The minimum atomic E-state index is 0.820. The lowest BCUT2D eigenvalue weighted by Gasteiger charge is -2.27. The SMILES string of the molecule is CC1CCC(C2C(C)CN(C)C2C)C1. The molecule has 0 radical (unpaired) electrons. The molecule has 1 nitrogen and oxygen atoms in total. The van der Waals surface area contributed by atoms with E-state index in [1.54, 1.807) is 0 Å². The minimum absolute atomic E-state index is 0.820. The van der Waals surface area contributed by atoms with Crippen molar-refractivity contribution in [3.05, 3.63) is 0 Å². The molecule has 2 rings (SSSR count). The molecule has 14 heavy (non-hydrogen) atoms. The van der Waals surface area contributed by atoms with Crippen LogP contribution in [0.4, 0.5) is 0 Å². The summed E-state index contributed by atoms with van der Waals surface area (Å²) >= 11 is 0. The molecule has 1 aliphatic heterocycles. The first kappa shape index (κ1) is 10.5. The van der Waals surface area contributed by atoms with E-state index in [1.807, 2.05) is 0 Å². The molecule has 0 bridgehead atoms. The van der Waals surface area contributed by atoms with Gasteiger partial charge in [0.15, 0.2) is 0 Å². The third kappa shape index (κ3) is 1.71. The summed E-state index contributed by atoms with van der Waals surface area (Å²) in [6.07, 6.45) is 4.46. The molecule has 1 saturated heterocycles. The van der Waals surface area contributed by atoms with Crippen LogP contribution >= 0.6 is 0 Å². The molecule has 0 aromatic heterocycles. The fourth-order valence-electron chi connectivity index (χ4n) is 3.97. The second-order valence-electron chi connectivity index (χ2n) is 5.91. The molecule has 82 valence electrons. The summed E-state index contributed by atoms with van der Waals surface area (Å²) in [6, 6.07) is 0.820. The van der Waals surface area contributed by atoms with Gasteiger partial charge >= 0.3 is 0 Å². The van der Waals surface area contributed by atoms with Crippen LogP contribution in [0, 0.1) is 23.7 Å². The standard InChI is InChI=1S/C13H25N/c1-9-5-6-12(7-9)13-10(2)8-14(4)11(13)3/h9-13H,5-8H2,1-4H3. The number of nitrogens with zero attached hydrogens (tertiary/aromatic N) is 1. The van der Waals surface area contributed by atoms with Crippen LogP contribution in [0.15, 0.2) is 0 Å². The van der Waals surface area contributed by atoms with Crippen molar-refractivity contribution in [2.75, 3.05) is 13.6 Å². The summed E-state index contributed by atoms with van der Waals surface area (Å²) in [5.41, 5.74) is 0. The number of hydrogen-bond acceptors (Lipinski definition) is 1. The summed E-state index contributed by atoms with van der Waals surface area (Å²) in [5, 5.41) is 0. The maximum atomic E-state index is 2.55. The van der Waals surface area contributed by atoms with Crippen LogP contribution in [-0.2, 0) is 0 Å². The molecule has 0 amide bonds. The predicted octanol–water partition coefficient (Wildman–Crippen LogP) is 3.01. The van der Waals surface area contributed by atoms with E-state index in [1.165, 1.54) is 25.8 Å². The van der Waals surface area contributed by atoms with Gasteiger partial charge in [-0.15, -0.1) is 0 Å². The van der Waals surface area contributed by atoms with E-state index >= 15 is 0 Å². The van der Waals surface area contributed by atoms with E-state index in [2.05, 4.69) is 32.7 Å². The van der Waals surface area contributed by atoms with Gasteiger partial charge in [0.1, 0.15) is 0 Å². The Bertz CT molecular complexity index is 201. The molecule has 1 heteroatoms. The van der Waals surface area contributed by atoms with Crippen LogP contribution in [-0.4, -0.2) is 24.5 Å². The third-order valence-electron chi connectivity index (χ3n) is 4.77. The van der Waals surface area contributed by atoms with Gasteiger partial charge in [0.05, 0.1) is 0 Å². The van der Waals surface area contributed by atoms with E-state index in [9.17, 15) is 0 Å². The first-order valence-electron chi connectivity index (χ1n) is 6.29. The molecule has 0 aromatic carbocycles. The Morgan fingerprint density at radius 3 is 2.21 bits per heavy atom. The smallest absolute Gasteiger partial charge is 0.00979 e. The lowest BCUT2D eigenvalue weighted by atomic mass is 9.80. The molecule has 2 aliphatic rings. The van der Waals surface area contributed by atoms with Gasteiger partial charge in [-0.05, 0) is 50.5 Å². The Morgan fingerprint density at radius 1 is 1.07 bits per heavy atom. The summed E-state index contributed by atoms with van der Waals surface area (Å²) in [7, 11) is 2.29. The largest absolute Gasteiger partial charge is 0.303 e. The minimum Gasteiger partial charge on any atom is -0.303 e. The summed E-state index contributed by atoms with van der Waals surface area (Å²) in [4.78, 5) is 2.55. The maximum Gasteiger partial charge on any atom is 0.00979 e. The van der Waals surface area contributed by atoms with E-state index < -0.39 is 0 Å². The second kappa shape index (κ2) is 3.84. The normalized spacial score (nSPS) is 50.1. The quantitative estimate of drug-likeness (QED) is 0.621. The molecular formula is C13H25N. The van der Waals surface area contributed by atoms with Gasteiger partial charge in [0.2, 0.25) is 0 Å². The van der Waals surface area contributed by atoms with Crippen molar-refractivity contribution in [3.63, 3.8) is 0 Å². The van der Waals surface area contributed by atoms with Crippen LogP contribution in [0.3, 0.4) is 0 Å². The number of hydrogen-bond donors (Lipinski definition) is 0. The van der Waals surface area contributed by atoms with Gasteiger partial charge in [0.25, 0.3) is 0 Å². The van der Waals surface area contributed by atoms with Crippen LogP contribution < -0.4 is 0 Å². The lowest BCUT2D eigenvalue weighted by Crippen LogP contribution is -2.29. The molecule has 0 N–H and O–H groups in total. The average molecular weight is 195 g/mol. The molecule has 1 aliphatic carbocycles. The van der Waals surface area contributed by atoms with Crippen molar-refractivity contribution in [1.29, 1.82) is 0 Å². The fourth-order valence-corrected chi connectivity index (χ4v) is 3.97. The Balaban J connectivity index is 2.02. The highest BCUT2D eigenvalue weighted by molar-refractivity contribution is 4.93. The zero-order valence-corrected chi connectivity index (χ0v) is 10.2. The Hall–Kier alpha value is -0.0400. The highest BCUT2D eigenvalue weighted by Crippen LogP contribution is 2.43. The Labute approximate surface area is 88.9 Å². The molecule has 5 unspecified atom stereocenters. The molecule has 0 aromatic rings. The van der Waals surface area contributed by atoms with E-state index in [-0.39, 0.29) is 0 Å². The van der Waals surface area contributed by atoms with Gasteiger partial charge in [-0.25, -0.2) is 0 Å². The second-order valence-corrected chi connectivity index (χ2v) is 5.91. The fraction of sp³-hybridized carbons (Fsp3) is 1.00. The van der Waals surface area contributed by atoms with Crippen molar-refractivity contribution in [3.8, 4) is 0 Å². The predicted molar refractivity (Wildman–Crippen MR) is 61.3 cm³/mol. The maximum absolute atomic E-state index is 2.55. The van der Waals surface area contributed by atoms with E-state index in [0.717, 1.165) is 29.7 Å². The molecule has 2 fully saturated rings. The van der Waals surface area contributed by atoms with Crippen LogP contribution in [0.5, 0.6) is 0 Å². The van der Waals surface area contributed by atoms with Crippen LogP contribution in [0.1, 0.15) is 40.0 Å². The summed E-state index contributed by atoms with van der Waals surface area (Å²) in [6.45, 7) is 8.62. The molecule has 5 atom stereocenters. The monoisotopic (exact) mass is 195 g/mol. The lowest BCUT2D eigenvalue weighted by molar-refractivity contribution is 0.220. The van der Waals surface area contributed by atoms with Gasteiger partial charge in [-0.2, -0.15) is 0 Å². The summed E-state index contributed by atoms with van der Waals surface area (Å²) in [5.74, 6) is 3.92. The highest BCUT2D eigenvalue weighted by atomic mass is 15.2. The van der Waals surface area contributed by atoms with E-state index in [0.29, 0.717) is 0 Å². The highest BCUT2D eigenvalue weighted by Gasteiger charge is 2.41. The average Bonchev–Trinajstić information content (AvgIpc) is 2.60. The molecule has 1 heterocycles. The van der Waals surface area contributed by atoms with Crippen molar-refractivity contribution in [2.24, 2.45) is 23.7 Å². The van der Waals surface area contributed by atoms with Gasteiger partial charge in [-0.1, -0.05) is 20.3 Å². The van der Waals surface area contributed by atoms with Gasteiger partial charge < -0.3 is 4.90 Å². The molecule has 0 spiro atoms. The first-order valence-corrected chi connectivity index (χ1v) is 6.29. The number of rotatable bonds is 1. The zero-order valence-electron chi connectivity index (χ0n) is 10.2. The first-order chi connectivity index (χ1) is 6.59. The van der Waals surface area contributed by atoms with Crippen LogP contribution in [0.2, 0.25) is 0 Å². The Kier molecular flexibility index (Phi) is 2.88. The Morgan fingerprint density at radius 2 is 1.79 bits per heavy atom. The zero-order chi connectivity index (χ0) is 10.3. The van der Waals surface area contributed by atoms with Gasteiger partial charge in [0, 0.05) is 12.6 Å².